The van der Waals surface area contributed by atoms with Crippen molar-refractivity contribution in [3.8, 4) is 0 Å². The van der Waals surface area contributed by atoms with E-state index in [-0.39, 0.29) is 31.5 Å². The van der Waals surface area contributed by atoms with Gasteiger partial charge in [-0.05, 0) is 76.7 Å². The smallest absolute Gasteiger partial charge is 0.456 e. The normalized spacial score (nSPS) is 14.1. The van der Waals surface area contributed by atoms with Crippen LogP contribution in [0, 0.1) is 0 Å². The van der Waals surface area contributed by atoms with E-state index in [4.69, 9.17) is 13.8 Å². The van der Waals surface area contributed by atoms with Gasteiger partial charge in [-0.15, -0.1) is 0 Å². The van der Waals surface area contributed by atoms with Crippen LogP contribution in [0.3, 0.4) is 0 Å². The SMILES string of the molecule is CC/C=C\C/C=C\C/C=C\C/C=C\C/C=C\CCCCCC(=O)OC(/C=C/CCCCCCCCCCCC)C(COP(=O)(O)OCC[N+](C)(C)C)NC(=O)CCCCCCCCCCCCCCCCCCCCCCC. The van der Waals surface area contributed by atoms with Crippen LogP contribution in [0.5, 0.6) is 0 Å². The lowest BCUT2D eigenvalue weighted by Crippen LogP contribution is -2.47. The molecule has 3 atom stereocenters. The summed E-state index contributed by atoms with van der Waals surface area (Å²) in [5.41, 5.74) is 0. The van der Waals surface area contributed by atoms with Gasteiger partial charge >= 0.3 is 13.8 Å². The first-order valence-electron chi connectivity index (χ1n) is 32.8. The van der Waals surface area contributed by atoms with E-state index in [0.29, 0.717) is 23.9 Å². The molecule has 0 aromatic heterocycles. The molecule has 0 aromatic carbocycles. The second-order valence-corrected chi connectivity index (χ2v) is 24.7. The van der Waals surface area contributed by atoms with Gasteiger partial charge in [0.2, 0.25) is 5.91 Å². The maximum Gasteiger partial charge on any atom is 0.472 e. The number of allylic oxidation sites excluding steroid dienone is 11. The quantitative estimate of drug-likeness (QED) is 0.0205. The van der Waals surface area contributed by atoms with Crippen molar-refractivity contribution in [3.63, 3.8) is 0 Å². The number of hydrogen-bond acceptors (Lipinski definition) is 6. The molecule has 0 radical (unpaired) electrons. The van der Waals surface area contributed by atoms with Gasteiger partial charge in [0.1, 0.15) is 19.3 Å². The van der Waals surface area contributed by atoms with Gasteiger partial charge in [0.25, 0.3) is 0 Å². The number of phosphoric acid groups is 1. The highest BCUT2D eigenvalue weighted by Gasteiger charge is 2.30. The number of likely N-dealkylation sites (N-methyl/N-ethyl adjacent to an activating group) is 1. The van der Waals surface area contributed by atoms with Crippen LogP contribution in [0.25, 0.3) is 0 Å². The van der Waals surface area contributed by atoms with Crippen LogP contribution in [0.1, 0.15) is 297 Å². The molecule has 78 heavy (non-hydrogen) atoms. The van der Waals surface area contributed by atoms with Crippen molar-refractivity contribution >= 4 is 19.7 Å². The maximum absolute atomic E-state index is 13.6. The topological polar surface area (TPSA) is 111 Å². The number of carbonyl (C=O) groups is 2. The monoisotopic (exact) mass is 1110 g/mol. The third-order valence-electron chi connectivity index (χ3n) is 14.4. The molecule has 0 aromatic rings. The molecule has 454 valence electrons. The molecule has 0 spiro atoms. The Morgan fingerprint density at radius 1 is 0.462 bits per heavy atom. The van der Waals surface area contributed by atoms with E-state index in [1.165, 1.54) is 167 Å². The lowest BCUT2D eigenvalue weighted by molar-refractivity contribution is -0.870. The molecule has 0 aliphatic rings. The highest BCUT2D eigenvalue weighted by molar-refractivity contribution is 7.47. The Morgan fingerprint density at radius 2 is 0.821 bits per heavy atom. The van der Waals surface area contributed by atoms with Crippen molar-refractivity contribution in [2.24, 2.45) is 0 Å². The molecule has 10 heteroatoms. The zero-order valence-electron chi connectivity index (χ0n) is 51.9. The van der Waals surface area contributed by atoms with Gasteiger partial charge in [0.05, 0.1) is 33.8 Å². The lowest BCUT2D eigenvalue weighted by atomic mass is 10.0. The zero-order valence-corrected chi connectivity index (χ0v) is 52.8. The summed E-state index contributed by atoms with van der Waals surface area (Å²) in [6, 6.07) is -0.863. The average Bonchev–Trinajstić information content (AvgIpc) is 3.40. The van der Waals surface area contributed by atoms with Crippen molar-refractivity contribution in [1.29, 1.82) is 0 Å². The van der Waals surface area contributed by atoms with Gasteiger partial charge in [-0.25, -0.2) is 4.57 Å². The predicted octanol–water partition coefficient (Wildman–Crippen LogP) is 20.4. The molecular formula is C68H126N2O7P+. The Kier molecular flexibility index (Phi) is 55.8. The lowest BCUT2D eigenvalue weighted by Gasteiger charge is -2.27. The summed E-state index contributed by atoms with van der Waals surface area (Å²) in [7, 11) is 1.48. The van der Waals surface area contributed by atoms with E-state index in [9.17, 15) is 19.0 Å². The van der Waals surface area contributed by atoms with E-state index < -0.39 is 20.0 Å². The molecule has 0 bridgehead atoms. The van der Waals surface area contributed by atoms with Crippen LogP contribution in [0.4, 0.5) is 0 Å². The fraction of sp³-hybridized carbons (Fsp3) is 0.794. The molecule has 9 nitrogen and oxygen atoms in total. The Balaban J connectivity index is 5.22. The number of nitrogens with one attached hydrogen (secondary N) is 1. The van der Waals surface area contributed by atoms with Crippen molar-refractivity contribution in [1.82, 2.24) is 5.32 Å². The average molecular weight is 1110 g/mol. The minimum Gasteiger partial charge on any atom is -0.456 e. The fourth-order valence-corrected chi connectivity index (χ4v) is 10.1. The summed E-state index contributed by atoms with van der Waals surface area (Å²) in [6.45, 7) is 6.90. The highest BCUT2D eigenvalue weighted by Crippen LogP contribution is 2.43. The van der Waals surface area contributed by atoms with Crippen molar-refractivity contribution < 1.29 is 37.3 Å². The molecule has 0 rings (SSSR count). The Morgan fingerprint density at radius 3 is 1.24 bits per heavy atom. The van der Waals surface area contributed by atoms with E-state index in [1.807, 2.05) is 33.3 Å². The summed E-state index contributed by atoms with van der Waals surface area (Å²) >= 11 is 0. The molecular weight excluding hydrogens is 988 g/mol. The summed E-state index contributed by atoms with van der Waals surface area (Å²) in [4.78, 5) is 37.8. The first-order valence-corrected chi connectivity index (χ1v) is 34.3. The number of esters is 1. The standard InChI is InChI=1S/C68H125N2O7P/c1-7-10-13-16-19-22-25-28-30-32-34-35-37-38-40-42-45-48-51-54-57-60-67(71)69-65(64-76-78(73,74)75-63-62-70(4,5)6)66(59-56-53-50-47-44-27-24-21-18-15-12-9-3)77-68(72)61-58-55-52-49-46-43-41-39-36-33-31-29-26-23-20-17-14-11-8-2/h11,14,20,23,29,31,36,39,43,46,56,59,65-66H,7-10,12-13,15-19,21-22,24-28,30,32-35,37-38,40-42,44-45,47-55,57-58,60-64H2,1-6H3,(H-,69,71,73,74)/p+1/b14-11-,23-20-,31-29-,39-36-,46-43-,59-56+. The minimum atomic E-state index is -4.46. The number of ether oxygens (including phenoxy) is 1. The Bertz CT molecular complexity index is 1570. The number of quaternary nitrogens is 1. The van der Waals surface area contributed by atoms with Crippen LogP contribution in [0.15, 0.2) is 72.9 Å². The summed E-state index contributed by atoms with van der Waals surface area (Å²) in [5, 5.41) is 3.06. The van der Waals surface area contributed by atoms with E-state index in [2.05, 4.69) is 86.8 Å². The van der Waals surface area contributed by atoms with Crippen LogP contribution in [-0.2, 0) is 27.9 Å². The number of hydrogen-bond donors (Lipinski definition) is 2. The first-order chi connectivity index (χ1) is 37.9. The number of amides is 1. The van der Waals surface area contributed by atoms with Crippen molar-refractivity contribution in [2.45, 2.75) is 309 Å². The van der Waals surface area contributed by atoms with Crippen LogP contribution in [-0.4, -0.2) is 74.3 Å². The summed E-state index contributed by atoms with van der Waals surface area (Å²) < 4.78 is 30.7. The minimum absolute atomic E-state index is 0.0338. The van der Waals surface area contributed by atoms with Gasteiger partial charge in [-0.1, -0.05) is 280 Å². The third kappa shape index (κ3) is 58.1. The third-order valence-corrected chi connectivity index (χ3v) is 15.4. The van der Waals surface area contributed by atoms with E-state index in [0.717, 1.165) is 89.9 Å². The molecule has 0 aliphatic carbocycles. The second-order valence-electron chi connectivity index (χ2n) is 23.3. The van der Waals surface area contributed by atoms with Crippen molar-refractivity contribution in [2.75, 3.05) is 40.9 Å². The molecule has 0 saturated carbocycles. The van der Waals surface area contributed by atoms with Crippen LogP contribution >= 0.6 is 7.82 Å². The van der Waals surface area contributed by atoms with Gasteiger partial charge in [-0.2, -0.15) is 0 Å². The number of unbranched alkanes of at least 4 members (excludes halogenated alkanes) is 33. The molecule has 3 unspecified atom stereocenters. The molecule has 2 N–H and O–H groups in total. The number of nitrogens with zero attached hydrogens (tertiary/aromatic N) is 1. The number of phosphoric ester groups is 1. The molecule has 0 saturated heterocycles. The van der Waals surface area contributed by atoms with Gasteiger partial charge in [-0.3, -0.25) is 18.6 Å². The van der Waals surface area contributed by atoms with Crippen LogP contribution in [0.2, 0.25) is 0 Å². The second kappa shape index (κ2) is 57.7. The number of rotatable bonds is 59. The van der Waals surface area contributed by atoms with Gasteiger partial charge < -0.3 is 19.4 Å². The van der Waals surface area contributed by atoms with Gasteiger partial charge in [0.15, 0.2) is 0 Å². The zero-order chi connectivity index (χ0) is 57.2. The fourth-order valence-electron chi connectivity index (χ4n) is 9.38. The summed E-state index contributed by atoms with van der Waals surface area (Å²) in [5.74, 6) is -0.534. The molecule has 0 aliphatic heterocycles. The maximum atomic E-state index is 13.6. The highest BCUT2D eigenvalue weighted by atomic mass is 31.2. The molecule has 0 heterocycles. The van der Waals surface area contributed by atoms with Crippen LogP contribution < -0.4 is 5.32 Å². The largest absolute Gasteiger partial charge is 0.472 e. The van der Waals surface area contributed by atoms with E-state index >= 15 is 0 Å². The van der Waals surface area contributed by atoms with E-state index in [1.54, 1.807) is 0 Å². The molecule has 1 amide bonds. The molecule has 0 fully saturated rings. The predicted molar refractivity (Wildman–Crippen MR) is 337 cm³/mol. The Labute approximate surface area is 483 Å². The Hall–Kier alpha value is -2.55. The van der Waals surface area contributed by atoms with Crippen molar-refractivity contribution in [3.05, 3.63) is 72.9 Å². The van der Waals surface area contributed by atoms with Gasteiger partial charge in [0, 0.05) is 12.8 Å². The number of carbonyl (C=O) groups excluding carboxylic acids is 2. The summed E-state index contributed by atoms with van der Waals surface area (Å²) in [6.07, 6.45) is 74.8. The first kappa shape index (κ1) is 75.5.